The van der Waals surface area contributed by atoms with Crippen molar-refractivity contribution in [1.29, 1.82) is 0 Å². The van der Waals surface area contributed by atoms with E-state index in [1.165, 1.54) is 18.2 Å². The molecule has 0 heterocycles. The standard InChI is InChI=1S/C18H18Cl2N2O3S/c19-12-5-7-14(8-6-12)22-26(24,25)15-9-10-17(20)16(11-15)18(23)21-13-3-1-2-4-13/h5-11,13,22H,1-4H2,(H,21,23). The number of carbonyl (C=O) groups is 1. The second-order valence-corrected chi connectivity index (χ2v) is 8.73. The fourth-order valence-corrected chi connectivity index (χ4v) is 4.32. The molecule has 3 rings (SSSR count). The van der Waals surface area contributed by atoms with Crippen LogP contribution in [0.3, 0.4) is 0 Å². The Morgan fingerprint density at radius 2 is 1.65 bits per heavy atom. The zero-order valence-corrected chi connectivity index (χ0v) is 16.2. The van der Waals surface area contributed by atoms with E-state index in [1.54, 1.807) is 24.3 Å². The third-order valence-electron chi connectivity index (χ3n) is 4.28. The molecule has 2 aromatic carbocycles. The van der Waals surface area contributed by atoms with Crippen LogP contribution in [0, 0.1) is 0 Å². The predicted molar refractivity (Wildman–Crippen MR) is 103 cm³/mol. The van der Waals surface area contributed by atoms with Gasteiger partial charge in [-0.2, -0.15) is 0 Å². The fraction of sp³-hybridized carbons (Fsp3) is 0.278. The van der Waals surface area contributed by atoms with E-state index >= 15 is 0 Å². The zero-order valence-electron chi connectivity index (χ0n) is 13.8. The van der Waals surface area contributed by atoms with E-state index in [0.29, 0.717) is 10.7 Å². The summed E-state index contributed by atoms with van der Waals surface area (Å²) >= 11 is 11.9. The van der Waals surface area contributed by atoms with Crippen molar-refractivity contribution in [2.24, 2.45) is 0 Å². The summed E-state index contributed by atoms with van der Waals surface area (Å²) in [4.78, 5) is 12.4. The summed E-state index contributed by atoms with van der Waals surface area (Å²) < 4.78 is 27.7. The highest BCUT2D eigenvalue weighted by Gasteiger charge is 2.22. The van der Waals surface area contributed by atoms with E-state index < -0.39 is 10.0 Å². The quantitative estimate of drug-likeness (QED) is 0.760. The molecule has 0 aromatic heterocycles. The van der Waals surface area contributed by atoms with Crippen molar-refractivity contribution in [3.8, 4) is 0 Å². The van der Waals surface area contributed by atoms with Gasteiger partial charge in [0.25, 0.3) is 15.9 Å². The Balaban J connectivity index is 1.83. The van der Waals surface area contributed by atoms with Crippen LogP contribution in [0.4, 0.5) is 5.69 Å². The number of rotatable bonds is 5. The van der Waals surface area contributed by atoms with Gasteiger partial charge in [0.1, 0.15) is 0 Å². The van der Waals surface area contributed by atoms with Crippen molar-refractivity contribution in [3.63, 3.8) is 0 Å². The molecule has 0 bridgehead atoms. The number of anilines is 1. The first-order chi connectivity index (χ1) is 12.3. The fourth-order valence-electron chi connectivity index (χ4n) is 2.91. The van der Waals surface area contributed by atoms with Gasteiger partial charge in [0.15, 0.2) is 0 Å². The van der Waals surface area contributed by atoms with Gasteiger partial charge in [-0.25, -0.2) is 8.42 Å². The van der Waals surface area contributed by atoms with Gasteiger partial charge in [-0.15, -0.1) is 0 Å². The number of nitrogens with one attached hydrogen (secondary N) is 2. The minimum atomic E-state index is -3.86. The summed E-state index contributed by atoms with van der Waals surface area (Å²) in [6, 6.07) is 10.5. The van der Waals surface area contributed by atoms with Gasteiger partial charge in [0, 0.05) is 16.8 Å². The number of halogens is 2. The Labute approximate surface area is 162 Å². The molecule has 26 heavy (non-hydrogen) atoms. The molecule has 1 amide bonds. The van der Waals surface area contributed by atoms with Crippen molar-refractivity contribution in [2.45, 2.75) is 36.6 Å². The van der Waals surface area contributed by atoms with Crippen molar-refractivity contribution in [3.05, 3.63) is 58.1 Å². The smallest absolute Gasteiger partial charge is 0.261 e. The van der Waals surface area contributed by atoms with Crippen molar-refractivity contribution >= 4 is 44.8 Å². The third kappa shape index (κ3) is 4.50. The molecule has 1 aliphatic carbocycles. The van der Waals surface area contributed by atoms with Crippen LogP contribution in [0.2, 0.25) is 10.0 Å². The maximum atomic E-state index is 12.6. The average Bonchev–Trinajstić information content (AvgIpc) is 3.10. The lowest BCUT2D eigenvalue weighted by molar-refractivity contribution is 0.0938. The van der Waals surface area contributed by atoms with Crippen molar-refractivity contribution in [2.75, 3.05) is 4.72 Å². The summed E-state index contributed by atoms with van der Waals surface area (Å²) in [6.45, 7) is 0. The van der Waals surface area contributed by atoms with E-state index in [9.17, 15) is 13.2 Å². The van der Waals surface area contributed by atoms with E-state index in [4.69, 9.17) is 23.2 Å². The van der Waals surface area contributed by atoms with Crippen LogP contribution in [0.15, 0.2) is 47.4 Å². The number of hydrogen-bond acceptors (Lipinski definition) is 3. The van der Waals surface area contributed by atoms with E-state index in [-0.39, 0.29) is 27.4 Å². The van der Waals surface area contributed by atoms with Gasteiger partial charge in [0.2, 0.25) is 0 Å². The molecule has 2 N–H and O–H groups in total. The summed E-state index contributed by atoms with van der Waals surface area (Å²) in [7, 11) is -3.86. The minimum Gasteiger partial charge on any atom is -0.349 e. The molecule has 0 aliphatic heterocycles. The summed E-state index contributed by atoms with van der Waals surface area (Å²) in [6.07, 6.45) is 4.02. The molecular weight excluding hydrogens is 395 g/mol. The lowest BCUT2D eigenvalue weighted by Crippen LogP contribution is -2.32. The number of benzene rings is 2. The highest BCUT2D eigenvalue weighted by molar-refractivity contribution is 7.92. The Morgan fingerprint density at radius 3 is 2.31 bits per heavy atom. The van der Waals surface area contributed by atoms with Gasteiger partial charge >= 0.3 is 0 Å². The molecule has 0 unspecified atom stereocenters. The summed E-state index contributed by atoms with van der Waals surface area (Å²) in [5.74, 6) is -0.356. The van der Waals surface area contributed by atoms with E-state index in [2.05, 4.69) is 10.0 Å². The lowest BCUT2D eigenvalue weighted by atomic mass is 10.2. The van der Waals surface area contributed by atoms with Crippen LogP contribution in [0.1, 0.15) is 36.0 Å². The molecule has 0 atom stereocenters. The van der Waals surface area contributed by atoms with Crippen LogP contribution in [0.25, 0.3) is 0 Å². The molecule has 1 saturated carbocycles. The van der Waals surface area contributed by atoms with Crippen molar-refractivity contribution < 1.29 is 13.2 Å². The number of amides is 1. The molecule has 2 aromatic rings. The first-order valence-electron chi connectivity index (χ1n) is 8.24. The number of hydrogen-bond donors (Lipinski definition) is 2. The molecule has 8 heteroatoms. The van der Waals surface area contributed by atoms with Gasteiger partial charge in [-0.3, -0.25) is 9.52 Å². The topological polar surface area (TPSA) is 75.3 Å². The third-order valence-corrected chi connectivity index (χ3v) is 6.24. The summed E-state index contributed by atoms with van der Waals surface area (Å²) in [5.41, 5.74) is 0.527. The van der Waals surface area contributed by atoms with Gasteiger partial charge in [0.05, 0.1) is 15.5 Å². The van der Waals surface area contributed by atoms with Crippen LogP contribution in [-0.2, 0) is 10.0 Å². The maximum absolute atomic E-state index is 12.6. The van der Waals surface area contributed by atoms with E-state index in [1.807, 2.05) is 0 Å². The lowest BCUT2D eigenvalue weighted by Gasteiger charge is -2.14. The SMILES string of the molecule is O=C(NC1CCCC1)c1cc(S(=O)(=O)Nc2ccc(Cl)cc2)ccc1Cl. The van der Waals surface area contributed by atoms with Gasteiger partial charge in [-0.1, -0.05) is 36.0 Å². The Kier molecular flexibility index (Phi) is 5.75. The van der Waals surface area contributed by atoms with Crippen LogP contribution in [-0.4, -0.2) is 20.4 Å². The van der Waals surface area contributed by atoms with Gasteiger partial charge in [-0.05, 0) is 55.3 Å². The highest BCUT2D eigenvalue weighted by Crippen LogP contribution is 2.24. The molecule has 5 nitrogen and oxygen atoms in total. The van der Waals surface area contributed by atoms with E-state index in [0.717, 1.165) is 25.7 Å². The number of sulfonamides is 1. The minimum absolute atomic E-state index is 0.0339. The van der Waals surface area contributed by atoms with Crippen LogP contribution >= 0.6 is 23.2 Å². The van der Waals surface area contributed by atoms with Crippen LogP contribution < -0.4 is 10.0 Å². The zero-order chi connectivity index (χ0) is 18.7. The average molecular weight is 413 g/mol. The monoisotopic (exact) mass is 412 g/mol. The Hall–Kier alpha value is -1.76. The molecule has 0 saturated heterocycles. The normalized spacial score (nSPS) is 15.0. The van der Waals surface area contributed by atoms with Crippen LogP contribution in [0.5, 0.6) is 0 Å². The van der Waals surface area contributed by atoms with Gasteiger partial charge < -0.3 is 5.32 Å². The molecule has 138 valence electrons. The summed E-state index contributed by atoms with van der Waals surface area (Å²) in [5, 5.41) is 3.64. The Bertz CT molecular complexity index is 909. The maximum Gasteiger partial charge on any atom is 0.261 e. The number of carbonyl (C=O) groups excluding carboxylic acids is 1. The molecule has 1 aliphatic rings. The molecule has 0 radical (unpaired) electrons. The predicted octanol–water partition coefficient (Wildman–Crippen LogP) is 4.47. The first-order valence-corrected chi connectivity index (χ1v) is 10.5. The Morgan fingerprint density at radius 1 is 1.00 bits per heavy atom. The molecular formula is C18H18Cl2N2O3S. The first kappa shape index (κ1) is 19.0. The van der Waals surface area contributed by atoms with Crippen molar-refractivity contribution in [1.82, 2.24) is 5.32 Å². The largest absolute Gasteiger partial charge is 0.349 e. The highest BCUT2D eigenvalue weighted by atomic mass is 35.5. The second kappa shape index (κ2) is 7.86. The molecule has 0 spiro atoms. The second-order valence-electron chi connectivity index (χ2n) is 6.21. The molecule has 1 fully saturated rings.